The molecule has 0 radical (unpaired) electrons. The summed E-state index contributed by atoms with van der Waals surface area (Å²) >= 11 is 3.23. The van der Waals surface area contributed by atoms with E-state index in [9.17, 15) is 4.79 Å². The molecular formula is C19H18N2OS2. The van der Waals surface area contributed by atoms with Crippen molar-refractivity contribution in [2.45, 2.75) is 12.3 Å². The number of amides is 1. The predicted octanol–water partition coefficient (Wildman–Crippen LogP) is 4.36. The molecule has 0 unspecified atom stereocenters. The van der Waals surface area contributed by atoms with Gasteiger partial charge in [0.05, 0.1) is 11.4 Å². The molecule has 5 heteroatoms. The van der Waals surface area contributed by atoms with Crippen molar-refractivity contribution >= 4 is 29.0 Å². The topological polar surface area (TPSA) is 42.0 Å². The standard InChI is InChI=1S/C19H18N2OS2/c22-18(20-11-15-7-3-1-4-8-15)14-23-12-17-13-24-19(21-17)16-9-5-2-6-10-16/h1-10,13H,11-12,14H2,(H,20,22). The Labute approximate surface area is 150 Å². The molecule has 0 bridgehead atoms. The van der Waals surface area contributed by atoms with Crippen LogP contribution in [0.5, 0.6) is 0 Å². The minimum absolute atomic E-state index is 0.0577. The maximum absolute atomic E-state index is 11.9. The maximum atomic E-state index is 11.9. The zero-order valence-electron chi connectivity index (χ0n) is 13.1. The van der Waals surface area contributed by atoms with Crippen molar-refractivity contribution in [2.24, 2.45) is 0 Å². The molecule has 1 aromatic heterocycles. The number of carbonyl (C=O) groups is 1. The minimum atomic E-state index is 0.0577. The van der Waals surface area contributed by atoms with Crippen LogP contribution >= 0.6 is 23.1 Å². The lowest BCUT2D eigenvalue weighted by Gasteiger charge is -2.04. The van der Waals surface area contributed by atoms with Crippen LogP contribution in [0.2, 0.25) is 0 Å². The molecule has 24 heavy (non-hydrogen) atoms. The summed E-state index contributed by atoms with van der Waals surface area (Å²) in [6.45, 7) is 0.578. The number of thioether (sulfide) groups is 1. The lowest BCUT2D eigenvalue weighted by atomic mass is 10.2. The summed E-state index contributed by atoms with van der Waals surface area (Å²) in [7, 11) is 0. The van der Waals surface area contributed by atoms with Crippen LogP contribution in [0.1, 0.15) is 11.3 Å². The maximum Gasteiger partial charge on any atom is 0.230 e. The van der Waals surface area contributed by atoms with Crippen molar-refractivity contribution in [3.63, 3.8) is 0 Å². The van der Waals surface area contributed by atoms with Gasteiger partial charge in [-0.3, -0.25) is 4.79 Å². The summed E-state index contributed by atoms with van der Waals surface area (Å²) in [6.07, 6.45) is 0. The Morgan fingerprint density at radius 1 is 1.04 bits per heavy atom. The molecule has 0 atom stereocenters. The molecule has 0 fully saturated rings. The zero-order chi connectivity index (χ0) is 16.6. The Hall–Kier alpha value is -2.11. The van der Waals surface area contributed by atoms with Crippen molar-refractivity contribution in [2.75, 3.05) is 5.75 Å². The van der Waals surface area contributed by atoms with E-state index in [4.69, 9.17) is 0 Å². The van der Waals surface area contributed by atoms with Gasteiger partial charge in [0.25, 0.3) is 0 Å². The first-order valence-corrected chi connectivity index (χ1v) is 9.73. The van der Waals surface area contributed by atoms with Gasteiger partial charge in [0.1, 0.15) is 5.01 Å². The quantitative estimate of drug-likeness (QED) is 0.685. The Morgan fingerprint density at radius 3 is 2.50 bits per heavy atom. The fourth-order valence-electron chi connectivity index (χ4n) is 2.18. The van der Waals surface area contributed by atoms with E-state index in [0.717, 1.165) is 27.6 Å². The van der Waals surface area contributed by atoms with E-state index in [1.807, 2.05) is 48.5 Å². The molecule has 1 N–H and O–H groups in total. The molecule has 1 amide bonds. The van der Waals surface area contributed by atoms with E-state index in [2.05, 4.69) is 27.8 Å². The highest BCUT2D eigenvalue weighted by Crippen LogP contribution is 2.25. The molecule has 0 saturated carbocycles. The normalized spacial score (nSPS) is 10.5. The van der Waals surface area contributed by atoms with E-state index in [1.54, 1.807) is 23.1 Å². The second-order valence-electron chi connectivity index (χ2n) is 5.27. The van der Waals surface area contributed by atoms with E-state index < -0.39 is 0 Å². The highest BCUT2D eigenvalue weighted by Gasteiger charge is 2.06. The van der Waals surface area contributed by atoms with Crippen LogP contribution < -0.4 is 5.32 Å². The number of benzene rings is 2. The molecule has 1 heterocycles. The van der Waals surface area contributed by atoms with Gasteiger partial charge in [-0.1, -0.05) is 60.7 Å². The number of nitrogens with zero attached hydrogens (tertiary/aromatic N) is 1. The van der Waals surface area contributed by atoms with Gasteiger partial charge in [0, 0.05) is 23.2 Å². The summed E-state index contributed by atoms with van der Waals surface area (Å²) in [5.41, 5.74) is 3.28. The second kappa shape index (κ2) is 8.66. The van der Waals surface area contributed by atoms with Gasteiger partial charge in [-0.15, -0.1) is 23.1 Å². The molecule has 2 aromatic carbocycles. The monoisotopic (exact) mass is 354 g/mol. The Balaban J connectivity index is 1.42. The SMILES string of the molecule is O=C(CSCc1csc(-c2ccccc2)n1)NCc1ccccc1. The van der Waals surface area contributed by atoms with Crippen LogP contribution in [0, 0.1) is 0 Å². The number of hydrogen-bond donors (Lipinski definition) is 1. The lowest BCUT2D eigenvalue weighted by molar-refractivity contribution is -0.118. The highest BCUT2D eigenvalue weighted by molar-refractivity contribution is 7.99. The number of carbonyl (C=O) groups excluding carboxylic acids is 1. The Morgan fingerprint density at radius 2 is 1.75 bits per heavy atom. The van der Waals surface area contributed by atoms with Crippen molar-refractivity contribution in [1.82, 2.24) is 10.3 Å². The van der Waals surface area contributed by atoms with Gasteiger partial charge in [-0.05, 0) is 5.56 Å². The minimum Gasteiger partial charge on any atom is -0.351 e. The smallest absolute Gasteiger partial charge is 0.230 e. The van der Waals surface area contributed by atoms with Crippen LogP contribution in [0.3, 0.4) is 0 Å². The number of aromatic nitrogens is 1. The molecule has 122 valence electrons. The third-order valence-electron chi connectivity index (χ3n) is 3.39. The van der Waals surface area contributed by atoms with Crippen molar-refractivity contribution < 1.29 is 4.79 Å². The number of nitrogens with one attached hydrogen (secondary N) is 1. The van der Waals surface area contributed by atoms with Gasteiger partial charge in [0.2, 0.25) is 5.91 Å². The number of thiazole rings is 1. The first-order chi connectivity index (χ1) is 11.8. The van der Waals surface area contributed by atoms with Crippen molar-refractivity contribution in [3.8, 4) is 10.6 Å². The fraction of sp³-hybridized carbons (Fsp3) is 0.158. The van der Waals surface area contributed by atoms with E-state index in [-0.39, 0.29) is 5.91 Å². The highest BCUT2D eigenvalue weighted by atomic mass is 32.2. The van der Waals surface area contributed by atoms with Crippen LogP contribution in [-0.4, -0.2) is 16.6 Å². The first-order valence-electron chi connectivity index (χ1n) is 7.69. The van der Waals surface area contributed by atoms with Crippen LogP contribution in [0.25, 0.3) is 10.6 Å². The summed E-state index contributed by atoms with van der Waals surface area (Å²) < 4.78 is 0. The van der Waals surface area contributed by atoms with E-state index in [1.165, 1.54) is 0 Å². The Kier molecular flexibility index (Phi) is 6.04. The average molecular weight is 355 g/mol. The van der Waals surface area contributed by atoms with Gasteiger partial charge in [-0.2, -0.15) is 0 Å². The second-order valence-corrected chi connectivity index (χ2v) is 7.11. The average Bonchev–Trinajstić information content (AvgIpc) is 3.11. The zero-order valence-corrected chi connectivity index (χ0v) is 14.8. The molecule has 0 aliphatic rings. The van der Waals surface area contributed by atoms with Crippen LogP contribution in [-0.2, 0) is 17.1 Å². The molecule has 0 aliphatic heterocycles. The third-order valence-corrected chi connectivity index (χ3v) is 5.29. The predicted molar refractivity (Wildman–Crippen MR) is 102 cm³/mol. The van der Waals surface area contributed by atoms with Gasteiger partial charge in [-0.25, -0.2) is 4.98 Å². The van der Waals surface area contributed by atoms with Gasteiger partial charge in [0.15, 0.2) is 0 Å². The van der Waals surface area contributed by atoms with E-state index in [0.29, 0.717) is 12.3 Å². The summed E-state index contributed by atoms with van der Waals surface area (Å²) in [4.78, 5) is 16.5. The molecule has 3 rings (SSSR count). The first kappa shape index (κ1) is 16.7. The van der Waals surface area contributed by atoms with Crippen LogP contribution in [0.15, 0.2) is 66.0 Å². The van der Waals surface area contributed by atoms with Gasteiger partial charge < -0.3 is 5.32 Å². The molecule has 3 nitrogen and oxygen atoms in total. The van der Waals surface area contributed by atoms with E-state index >= 15 is 0 Å². The Bertz CT molecular complexity index is 772. The van der Waals surface area contributed by atoms with Crippen molar-refractivity contribution in [1.29, 1.82) is 0 Å². The largest absolute Gasteiger partial charge is 0.351 e. The van der Waals surface area contributed by atoms with Crippen LogP contribution in [0.4, 0.5) is 0 Å². The molecule has 3 aromatic rings. The molecule has 0 spiro atoms. The fourth-order valence-corrected chi connectivity index (χ4v) is 3.86. The molecule has 0 saturated heterocycles. The molecule has 0 aliphatic carbocycles. The number of rotatable bonds is 7. The lowest BCUT2D eigenvalue weighted by Crippen LogP contribution is -2.24. The summed E-state index contributed by atoms with van der Waals surface area (Å²) in [5, 5.41) is 6.03. The summed E-state index contributed by atoms with van der Waals surface area (Å²) in [6, 6.07) is 20.1. The summed E-state index contributed by atoms with van der Waals surface area (Å²) in [5.74, 6) is 1.26. The van der Waals surface area contributed by atoms with Gasteiger partial charge >= 0.3 is 0 Å². The molecular weight excluding hydrogens is 336 g/mol. The number of hydrogen-bond acceptors (Lipinski definition) is 4. The van der Waals surface area contributed by atoms with Crippen molar-refractivity contribution in [3.05, 3.63) is 77.3 Å². The third kappa shape index (κ3) is 4.94.